The predicted molar refractivity (Wildman–Crippen MR) is 90.7 cm³/mol. The average molecular weight is 318 g/mol. The van der Waals surface area contributed by atoms with Crippen LogP contribution in [0.5, 0.6) is 0 Å². The summed E-state index contributed by atoms with van der Waals surface area (Å²) < 4.78 is 0. The number of para-hydroxylation sites is 1. The van der Waals surface area contributed by atoms with Crippen LogP contribution < -0.4 is 4.90 Å². The van der Waals surface area contributed by atoms with Gasteiger partial charge in [0.25, 0.3) is 0 Å². The Bertz CT molecular complexity index is 891. The summed E-state index contributed by atoms with van der Waals surface area (Å²) in [6.07, 6.45) is 1.13. The van der Waals surface area contributed by atoms with E-state index in [4.69, 9.17) is 0 Å². The zero-order valence-electron chi connectivity index (χ0n) is 13.5. The van der Waals surface area contributed by atoms with E-state index in [-0.39, 0.29) is 24.3 Å². The largest absolute Gasteiger partial charge is 0.334 e. The van der Waals surface area contributed by atoms with Crippen molar-refractivity contribution in [1.29, 1.82) is 0 Å². The molecule has 3 aliphatic rings. The number of nitrogens with zero attached hydrogens (tertiary/aromatic N) is 2. The molecule has 1 fully saturated rings. The molecule has 1 saturated heterocycles. The molecule has 2 amide bonds. The summed E-state index contributed by atoms with van der Waals surface area (Å²) in [7, 11) is 1.82. The first-order valence-corrected chi connectivity index (χ1v) is 8.39. The minimum absolute atomic E-state index is 0.0428. The summed E-state index contributed by atoms with van der Waals surface area (Å²) in [6.45, 7) is 0.696. The summed E-state index contributed by atoms with van der Waals surface area (Å²) in [5.74, 6) is 0.134. The highest BCUT2D eigenvalue weighted by Gasteiger charge is 2.63. The molecule has 1 spiro atoms. The molecule has 120 valence electrons. The SMILES string of the molecule is CN1C(=O)[C@@]2(CC(=O)N3CCc4ccccc4[C@@H]32)c2ccccc21. The number of benzene rings is 2. The molecule has 5 rings (SSSR count). The summed E-state index contributed by atoms with van der Waals surface area (Å²) in [4.78, 5) is 29.8. The number of hydrogen-bond acceptors (Lipinski definition) is 2. The van der Waals surface area contributed by atoms with Gasteiger partial charge in [-0.15, -0.1) is 0 Å². The second-order valence-electron chi connectivity index (χ2n) is 6.97. The first-order chi connectivity index (χ1) is 11.6. The van der Waals surface area contributed by atoms with E-state index in [9.17, 15) is 9.59 Å². The van der Waals surface area contributed by atoms with Gasteiger partial charge in [-0.1, -0.05) is 42.5 Å². The lowest BCUT2D eigenvalue weighted by atomic mass is 9.71. The number of hydrogen-bond donors (Lipinski definition) is 0. The van der Waals surface area contributed by atoms with E-state index in [1.165, 1.54) is 5.56 Å². The van der Waals surface area contributed by atoms with Gasteiger partial charge in [0.05, 0.1) is 6.04 Å². The van der Waals surface area contributed by atoms with Crippen molar-refractivity contribution >= 4 is 17.5 Å². The maximum atomic E-state index is 13.3. The van der Waals surface area contributed by atoms with Gasteiger partial charge in [0.2, 0.25) is 11.8 Å². The van der Waals surface area contributed by atoms with E-state index in [0.29, 0.717) is 6.54 Å². The van der Waals surface area contributed by atoms with Crippen molar-refractivity contribution in [1.82, 2.24) is 4.90 Å². The summed E-state index contributed by atoms with van der Waals surface area (Å²) in [5.41, 5.74) is 3.54. The Morgan fingerprint density at radius 3 is 2.67 bits per heavy atom. The van der Waals surface area contributed by atoms with Crippen LogP contribution in [-0.4, -0.2) is 30.3 Å². The first kappa shape index (κ1) is 13.8. The molecule has 2 aromatic rings. The van der Waals surface area contributed by atoms with Crippen molar-refractivity contribution in [2.24, 2.45) is 0 Å². The fourth-order valence-electron chi connectivity index (χ4n) is 4.91. The molecular weight excluding hydrogens is 300 g/mol. The summed E-state index contributed by atoms with van der Waals surface area (Å²) in [6, 6.07) is 16.0. The molecule has 24 heavy (non-hydrogen) atoms. The Morgan fingerprint density at radius 2 is 1.79 bits per heavy atom. The smallest absolute Gasteiger partial charge is 0.240 e. The number of rotatable bonds is 0. The lowest BCUT2D eigenvalue weighted by Gasteiger charge is -2.38. The van der Waals surface area contributed by atoms with Gasteiger partial charge in [-0.25, -0.2) is 0 Å². The van der Waals surface area contributed by atoms with Crippen molar-refractivity contribution in [2.75, 3.05) is 18.5 Å². The molecule has 0 aliphatic carbocycles. The summed E-state index contributed by atoms with van der Waals surface area (Å²) >= 11 is 0. The van der Waals surface area contributed by atoms with Gasteiger partial charge in [-0.2, -0.15) is 0 Å². The van der Waals surface area contributed by atoms with Gasteiger partial charge in [-0.05, 0) is 29.2 Å². The lowest BCUT2D eigenvalue weighted by molar-refractivity contribution is -0.129. The van der Waals surface area contributed by atoms with Crippen molar-refractivity contribution < 1.29 is 9.59 Å². The molecule has 3 aliphatic heterocycles. The van der Waals surface area contributed by atoms with Crippen LogP contribution in [0.1, 0.15) is 29.2 Å². The van der Waals surface area contributed by atoms with Gasteiger partial charge in [-0.3, -0.25) is 9.59 Å². The van der Waals surface area contributed by atoms with E-state index in [1.54, 1.807) is 4.90 Å². The van der Waals surface area contributed by atoms with Crippen molar-refractivity contribution in [3.63, 3.8) is 0 Å². The Kier molecular flexibility index (Phi) is 2.57. The van der Waals surface area contributed by atoms with Crippen LogP contribution >= 0.6 is 0 Å². The van der Waals surface area contributed by atoms with E-state index in [1.807, 2.05) is 48.3 Å². The van der Waals surface area contributed by atoms with Gasteiger partial charge >= 0.3 is 0 Å². The molecule has 0 saturated carbocycles. The molecule has 0 bridgehead atoms. The third kappa shape index (κ3) is 1.44. The number of amides is 2. The van der Waals surface area contributed by atoms with Crippen LogP contribution in [0.2, 0.25) is 0 Å². The number of carbonyl (C=O) groups is 2. The number of carbonyl (C=O) groups excluding carboxylic acids is 2. The maximum Gasteiger partial charge on any atom is 0.240 e. The van der Waals surface area contributed by atoms with Gasteiger partial charge in [0.15, 0.2) is 0 Å². The molecule has 4 nitrogen and oxygen atoms in total. The van der Waals surface area contributed by atoms with Crippen LogP contribution in [-0.2, 0) is 21.4 Å². The predicted octanol–water partition coefficient (Wildman–Crippen LogP) is 2.43. The minimum atomic E-state index is -0.779. The third-order valence-corrected chi connectivity index (χ3v) is 5.93. The zero-order chi connectivity index (χ0) is 16.5. The van der Waals surface area contributed by atoms with Crippen LogP contribution in [0.15, 0.2) is 48.5 Å². The first-order valence-electron chi connectivity index (χ1n) is 8.39. The maximum absolute atomic E-state index is 13.3. The van der Waals surface area contributed by atoms with Crippen LogP contribution in [0.3, 0.4) is 0 Å². The van der Waals surface area contributed by atoms with Crippen LogP contribution in [0, 0.1) is 0 Å². The fourth-order valence-corrected chi connectivity index (χ4v) is 4.91. The van der Waals surface area contributed by atoms with E-state index >= 15 is 0 Å². The standard InChI is InChI=1S/C20H18N2O2/c1-21-16-9-5-4-8-15(16)20(19(21)24)12-17(23)22-11-10-13-6-2-3-7-14(13)18(20)22/h2-9,18H,10-12H2,1H3/t18-,20+/m1/s1. The number of fused-ring (bicyclic) bond motifs is 6. The van der Waals surface area contributed by atoms with Crippen LogP contribution in [0.4, 0.5) is 5.69 Å². The molecule has 4 heteroatoms. The topological polar surface area (TPSA) is 40.6 Å². The van der Waals surface area contributed by atoms with Crippen molar-refractivity contribution in [3.8, 4) is 0 Å². The monoisotopic (exact) mass is 318 g/mol. The highest BCUT2D eigenvalue weighted by Crippen LogP contribution is 2.57. The van der Waals surface area contributed by atoms with E-state index in [2.05, 4.69) is 12.1 Å². The Morgan fingerprint density at radius 1 is 1.04 bits per heavy atom. The Hall–Kier alpha value is -2.62. The molecule has 0 N–H and O–H groups in total. The van der Waals surface area contributed by atoms with Gasteiger partial charge in [0.1, 0.15) is 5.41 Å². The molecule has 0 aromatic heterocycles. The van der Waals surface area contributed by atoms with Crippen molar-refractivity contribution in [2.45, 2.75) is 24.3 Å². The highest BCUT2D eigenvalue weighted by molar-refractivity contribution is 6.12. The molecule has 3 heterocycles. The fraction of sp³-hybridized carbons (Fsp3) is 0.300. The zero-order valence-corrected chi connectivity index (χ0v) is 13.5. The minimum Gasteiger partial charge on any atom is -0.334 e. The number of likely N-dealkylation sites (N-methyl/N-ethyl adjacent to an activating group) is 1. The van der Waals surface area contributed by atoms with Crippen molar-refractivity contribution in [3.05, 3.63) is 65.2 Å². The number of anilines is 1. The normalized spacial score (nSPS) is 27.5. The second kappa shape index (κ2) is 4.47. The third-order valence-electron chi connectivity index (χ3n) is 5.93. The van der Waals surface area contributed by atoms with Crippen LogP contribution in [0.25, 0.3) is 0 Å². The molecule has 2 aromatic carbocycles. The van der Waals surface area contributed by atoms with Gasteiger partial charge < -0.3 is 9.80 Å². The molecule has 2 atom stereocenters. The van der Waals surface area contributed by atoms with E-state index < -0.39 is 5.41 Å². The second-order valence-corrected chi connectivity index (χ2v) is 6.97. The highest BCUT2D eigenvalue weighted by atomic mass is 16.2. The molecular formula is C20H18N2O2. The Labute approximate surface area is 140 Å². The molecule has 0 radical (unpaired) electrons. The molecule has 0 unspecified atom stereocenters. The lowest BCUT2D eigenvalue weighted by Crippen LogP contribution is -2.45. The van der Waals surface area contributed by atoms with Gasteiger partial charge in [0, 0.05) is 25.7 Å². The average Bonchev–Trinajstić information content (AvgIpc) is 3.04. The quantitative estimate of drug-likeness (QED) is 0.748. The summed E-state index contributed by atoms with van der Waals surface area (Å²) in [5, 5.41) is 0. The Balaban J connectivity index is 1.81. The van der Waals surface area contributed by atoms with E-state index in [0.717, 1.165) is 23.2 Å².